The lowest BCUT2D eigenvalue weighted by Gasteiger charge is -2.15. The average Bonchev–Trinajstić information content (AvgIpc) is 2.09. The van der Waals surface area contributed by atoms with Gasteiger partial charge < -0.3 is 0 Å². The summed E-state index contributed by atoms with van der Waals surface area (Å²) in [5, 5.41) is 5.35. The molecule has 0 aliphatic rings. The van der Waals surface area contributed by atoms with E-state index in [1.165, 1.54) is 0 Å². The van der Waals surface area contributed by atoms with Crippen LogP contribution in [-0.2, 0) is 0 Å². The summed E-state index contributed by atoms with van der Waals surface area (Å²) in [5.74, 6) is 0. The lowest BCUT2D eigenvalue weighted by atomic mass is 10.3. The summed E-state index contributed by atoms with van der Waals surface area (Å²) in [6, 6.07) is 9.76. The topological polar surface area (TPSA) is 27.6 Å². The molecule has 0 fully saturated rings. The van der Waals surface area contributed by atoms with Crippen molar-refractivity contribution in [2.24, 2.45) is 5.10 Å². The maximum Gasteiger partial charge on any atom is 0.0778 e. The number of anilines is 1. The third kappa shape index (κ3) is 1.78. The molecule has 0 bridgehead atoms. The summed E-state index contributed by atoms with van der Waals surface area (Å²) in [6.45, 7) is 3.42. The van der Waals surface area contributed by atoms with Gasteiger partial charge in [0.25, 0.3) is 0 Å². The van der Waals surface area contributed by atoms with E-state index in [1.54, 1.807) is 12.2 Å². The van der Waals surface area contributed by atoms with E-state index in [4.69, 9.17) is 0 Å². The minimum absolute atomic E-state index is 0.977. The third-order valence-corrected chi connectivity index (χ3v) is 1.35. The normalized spacial score (nSPS) is 9.18. The van der Waals surface area contributed by atoms with Gasteiger partial charge in [-0.25, -0.2) is 5.43 Å². The van der Waals surface area contributed by atoms with Crippen molar-refractivity contribution in [3.05, 3.63) is 30.3 Å². The highest BCUT2D eigenvalue weighted by Crippen LogP contribution is 2.09. The fourth-order valence-corrected chi connectivity index (χ4v) is 0.851. The molecule has 3 nitrogen and oxygen atoms in total. The third-order valence-electron chi connectivity index (χ3n) is 1.35. The Bertz CT molecular complexity index is 220. The van der Waals surface area contributed by atoms with Crippen molar-refractivity contribution in [2.75, 3.05) is 12.2 Å². The maximum absolute atomic E-state index is 3.75. The number of hydrazine groups is 1. The molecule has 1 rings (SSSR count). The van der Waals surface area contributed by atoms with Crippen LogP contribution in [0.15, 0.2) is 35.4 Å². The summed E-state index contributed by atoms with van der Waals surface area (Å²) in [7, 11) is 1.79. The Kier molecular flexibility index (Phi) is 2.63. The molecule has 0 amide bonds. The van der Waals surface area contributed by atoms with Crippen molar-refractivity contribution in [3.8, 4) is 0 Å². The Morgan fingerprint density at radius 2 is 2.00 bits per heavy atom. The largest absolute Gasteiger partial charge is 0.216 e. The van der Waals surface area contributed by atoms with Gasteiger partial charge in [-0.2, -0.15) is 10.2 Å². The highest BCUT2D eigenvalue weighted by molar-refractivity contribution is 5.45. The van der Waals surface area contributed by atoms with Crippen molar-refractivity contribution in [3.63, 3.8) is 0 Å². The fourth-order valence-electron chi connectivity index (χ4n) is 0.851. The van der Waals surface area contributed by atoms with Crippen molar-refractivity contribution in [1.29, 1.82) is 0 Å². The lowest BCUT2D eigenvalue weighted by Crippen LogP contribution is -2.28. The fraction of sp³-hybridized carbons (Fsp3) is 0.125. The molecule has 1 aromatic rings. The number of hydrazone groups is 1. The van der Waals surface area contributed by atoms with Crippen LogP contribution in [0.25, 0.3) is 0 Å². The van der Waals surface area contributed by atoms with Crippen LogP contribution < -0.4 is 10.5 Å². The van der Waals surface area contributed by atoms with Gasteiger partial charge in [0.15, 0.2) is 0 Å². The maximum atomic E-state index is 3.75. The van der Waals surface area contributed by atoms with E-state index >= 15 is 0 Å². The van der Waals surface area contributed by atoms with E-state index in [0.29, 0.717) is 0 Å². The van der Waals surface area contributed by atoms with E-state index in [2.05, 4.69) is 17.2 Å². The molecule has 0 radical (unpaired) electrons. The minimum Gasteiger partial charge on any atom is -0.216 e. The Hall–Kier alpha value is -1.35. The van der Waals surface area contributed by atoms with Crippen LogP contribution in [0.4, 0.5) is 5.69 Å². The Morgan fingerprint density at radius 1 is 1.36 bits per heavy atom. The number of para-hydroxylation sites is 1. The summed E-state index contributed by atoms with van der Waals surface area (Å²) in [6.07, 6.45) is 0. The van der Waals surface area contributed by atoms with Crippen molar-refractivity contribution in [1.82, 2.24) is 5.43 Å². The van der Waals surface area contributed by atoms with Crippen molar-refractivity contribution < 1.29 is 0 Å². The van der Waals surface area contributed by atoms with Crippen LogP contribution in [0.2, 0.25) is 0 Å². The molecular formula is C8H11N3. The van der Waals surface area contributed by atoms with Crippen LogP contribution in [0.5, 0.6) is 0 Å². The van der Waals surface area contributed by atoms with Gasteiger partial charge in [0.05, 0.1) is 5.69 Å². The van der Waals surface area contributed by atoms with Gasteiger partial charge in [-0.1, -0.05) is 18.2 Å². The van der Waals surface area contributed by atoms with Crippen molar-refractivity contribution in [2.45, 2.75) is 0 Å². The number of nitrogens with one attached hydrogen (secondary N) is 1. The van der Waals surface area contributed by atoms with E-state index in [-0.39, 0.29) is 0 Å². The molecule has 0 heterocycles. The summed E-state index contributed by atoms with van der Waals surface area (Å²) < 4.78 is 0. The average molecular weight is 149 g/mol. The molecule has 58 valence electrons. The first kappa shape index (κ1) is 7.75. The first-order valence-corrected chi connectivity index (χ1v) is 3.37. The second-order valence-electron chi connectivity index (χ2n) is 2.01. The zero-order chi connectivity index (χ0) is 8.10. The molecule has 0 aromatic heterocycles. The predicted molar refractivity (Wildman–Crippen MR) is 47.5 cm³/mol. The van der Waals surface area contributed by atoms with Crippen LogP contribution in [-0.4, -0.2) is 13.8 Å². The summed E-state index contributed by atoms with van der Waals surface area (Å²) in [5.41, 5.74) is 3.85. The Balaban J connectivity index is 2.82. The molecule has 11 heavy (non-hydrogen) atoms. The van der Waals surface area contributed by atoms with Gasteiger partial charge in [-0.05, 0) is 12.1 Å². The second-order valence-corrected chi connectivity index (χ2v) is 2.01. The lowest BCUT2D eigenvalue weighted by molar-refractivity contribution is 0.744. The van der Waals surface area contributed by atoms with Gasteiger partial charge in [0, 0.05) is 13.8 Å². The standard InChI is InChI=1S/C8H11N3/c1-9-11(10-2)8-6-4-3-5-7-8/h3-7,10H,1H2,2H3. The van der Waals surface area contributed by atoms with Gasteiger partial charge in [0.2, 0.25) is 0 Å². The SMILES string of the molecule is C=NN(NC)c1ccccc1. The number of benzene rings is 1. The van der Waals surface area contributed by atoms with Gasteiger partial charge in [-0.3, -0.25) is 0 Å². The van der Waals surface area contributed by atoms with Crippen LogP contribution in [0.1, 0.15) is 0 Å². The summed E-state index contributed by atoms with van der Waals surface area (Å²) >= 11 is 0. The zero-order valence-corrected chi connectivity index (χ0v) is 6.49. The molecule has 0 aliphatic heterocycles. The molecule has 1 aromatic carbocycles. The Labute approximate surface area is 66.3 Å². The molecule has 0 unspecified atom stereocenters. The molecular weight excluding hydrogens is 138 g/mol. The molecule has 3 heteroatoms. The first-order chi connectivity index (χ1) is 5.38. The number of rotatable bonds is 3. The van der Waals surface area contributed by atoms with Gasteiger partial charge in [0.1, 0.15) is 0 Å². The Morgan fingerprint density at radius 3 is 2.45 bits per heavy atom. The van der Waals surface area contributed by atoms with E-state index in [9.17, 15) is 0 Å². The second kappa shape index (κ2) is 3.73. The molecule has 1 N–H and O–H groups in total. The highest BCUT2D eigenvalue weighted by Gasteiger charge is 1.96. The monoisotopic (exact) mass is 149 g/mol. The first-order valence-electron chi connectivity index (χ1n) is 3.37. The molecule has 0 saturated heterocycles. The zero-order valence-electron chi connectivity index (χ0n) is 6.49. The van der Waals surface area contributed by atoms with E-state index < -0.39 is 0 Å². The quantitative estimate of drug-likeness (QED) is 0.517. The molecule has 0 aliphatic carbocycles. The van der Waals surface area contributed by atoms with E-state index in [1.807, 2.05) is 30.3 Å². The van der Waals surface area contributed by atoms with Crippen molar-refractivity contribution >= 4 is 12.4 Å². The summed E-state index contributed by atoms with van der Waals surface area (Å²) in [4.78, 5) is 0. The molecule has 0 atom stereocenters. The van der Waals surface area contributed by atoms with Crippen LogP contribution in [0.3, 0.4) is 0 Å². The van der Waals surface area contributed by atoms with Crippen LogP contribution >= 0.6 is 0 Å². The predicted octanol–water partition coefficient (Wildman–Crippen LogP) is 1.24. The van der Waals surface area contributed by atoms with Gasteiger partial charge >= 0.3 is 0 Å². The smallest absolute Gasteiger partial charge is 0.0778 e. The van der Waals surface area contributed by atoms with Crippen LogP contribution in [0, 0.1) is 0 Å². The highest BCUT2D eigenvalue weighted by atomic mass is 15.7. The molecule has 0 saturated carbocycles. The number of nitrogens with zero attached hydrogens (tertiary/aromatic N) is 2. The molecule has 0 spiro atoms. The number of hydrogen-bond acceptors (Lipinski definition) is 3. The minimum atomic E-state index is 0.977. The number of hydrogen-bond donors (Lipinski definition) is 1. The van der Waals surface area contributed by atoms with E-state index in [0.717, 1.165) is 5.69 Å². The van der Waals surface area contributed by atoms with Gasteiger partial charge in [-0.15, -0.1) is 0 Å².